The zero-order valence-electron chi connectivity index (χ0n) is 18.0. The van der Waals surface area contributed by atoms with E-state index in [0.717, 1.165) is 28.7 Å². The summed E-state index contributed by atoms with van der Waals surface area (Å²) in [5, 5.41) is 16.2. The molecule has 0 bridgehead atoms. The highest BCUT2D eigenvalue weighted by molar-refractivity contribution is 6.01. The fourth-order valence-corrected chi connectivity index (χ4v) is 3.66. The third-order valence-electron chi connectivity index (χ3n) is 5.27. The predicted octanol–water partition coefficient (Wildman–Crippen LogP) is 4.44. The van der Waals surface area contributed by atoms with Gasteiger partial charge in [-0.25, -0.2) is 5.43 Å². The highest BCUT2D eigenvalue weighted by atomic mass is 16.6. The number of hydrazone groups is 1. The van der Waals surface area contributed by atoms with E-state index < -0.39 is 17.4 Å². The van der Waals surface area contributed by atoms with Crippen molar-refractivity contribution in [3.05, 3.63) is 106 Å². The summed E-state index contributed by atoms with van der Waals surface area (Å²) in [6.45, 7) is 2.35. The third-order valence-corrected chi connectivity index (χ3v) is 5.27. The third kappa shape index (κ3) is 4.90. The number of hydrogen-bond acceptors (Lipinski definition) is 5. The highest BCUT2D eigenvalue weighted by Crippen LogP contribution is 2.26. The zero-order valence-corrected chi connectivity index (χ0v) is 18.0. The summed E-state index contributed by atoms with van der Waals surface area (Å²) in [5.41, 5.74) is 6.42. The van der Waals surface area contributed by atoms with Crippen LogP contribution in [0.4, 0.5) is 5.69 Å². The molecule has 1 N–H and O–H groups in total. The monoisotopic (exact) mass is 442 g/mol. The molecule has 166 valence electrons. The van der Waals surface area contributed by atoms with Crippen LogP contribution in [0, 0.1) is 17.0 Å². The Morgan fingerprint density at radius 1 is 1.06 bits per heavy atom. The van der Waals surface area contributed by atoms with E-state index in [0.29, 0.717) is 0 Å². The van der Waals surface area contributed by atoms with Crippen molar-refractivity contribution >= 4 is 28.7 Å². The minimum atomic E-state index is -0.556. The quantitative estimate of drug-likeness (QED) is 0.248. The lowest BCUT2D eigenvalue weighted by atomic mass is 10.1. The molecule has 0 aliphatic carbocycles. The van der Waals surface area contributed by atoms with Crippen LogP contribution in [0.25, 0.3) is 10.9 Å². The summed E-state index contributed by atoms with van der Waals surface area (Å²) in [7, 11) is 0. The minimum absolute atomic E-state index is 0.0291. The van der Waals surface area contributed by atoms with E-state index in [2.05, 4.69) is 33.3 Å². The molecule has 33 heavy (non-hydrogen) atoms. The van der Waals surface area contributed by atoms with Crippen LogP contribution in [0.5, 0.6) is 5.75 Å². The molecule has 0 fully saturated rings. The Morgan fingerprint density at radius 2 is 1.76 bits per heavy atom. The van der Waals surface area contributed by atoms with E-state index in [4.69, 9.17) is 4.74 Å². The van der Waals surface area contributed by atoms with Crippen LogP contribution in [0.2, 0.25) is 0 Å². The molecule has 0 aliphatic heterocycles. The summed E-state index contributed by atoms with van der Waals surface area (Å²) >= 11 is 0. The number of carbonyl (C=O) groups excluding carboxylic acids is 1. The number of rotatable bonds is 8. The van der Waals surface area contributed by atoms with E-state index in [1.165, 1.54) is 23.8 Å². The Hall–Kier alpha value is -4.46. The minimum Gasteiger partial charge on any atom is -0.477 e. The second kappa shape index (κ2) is 9.78. The Kier molecular flexibility index (Phi) is 6.45. The number of nitrogens with one attached hydrogen (secondary N) is 1. The van der Waals surface area contributed by atoms with E-state index >= 15 is 0 Å². The van der Waals surface area contributed by atoms with Crippen LogP contribution in [-0.2, 0) is 11.3 Å². The van der Waals surface area contributed by atoms with E-state index in [1.54, 1.807) is 12.3 Å². The highest BCUT2D eigenvalue weighted by Gasteiger charge is 2.15. The van der Waals surface area contributed by atoms with Crippen molar-refractivity contribution < 1.29 is 14.5 Å². The predicted molar refractivity (Wildman–Crippen MR) is 127 cm³/mol. The van der Waals surface area contributed by atoms with E-state index in [9.17, 15) is 14.9 Å². The average molecular weight is 442 g/mol. The molecule has 4 rings (SSSR count). The number of amides is 1. The smallest absolute Gasteiger partial charge is 0.310 e. The summed E-state index contributed by atoms with van der Waals surface area (Å²) in [6.07, 6.45) is 1.61. The van der Waals surface area contributed by atoms with Gasteiger partial charge >= 0.3 is 5.69 Å². The fourth-order valence-electron chi connectivity index (χ4n) is 3.66. The maximum Gasteiger partial charge on any atom is 0.310 e. The first kappa shape index (κ1) is 21.8. The van der Waals surface area contributed by atoms with Gasteiger partial charge in [0.15, 0.2) is 12.4 Å². The van der Waals surface area contributed by atoms with Crippen LogP contribution >= 0.6 is 0 Å². The molecule has 3 aromatic carbocycles. The van der Waals surface area contributed by atoms with Gasteiger partial charge in [-0.2, -0.15) is 5.10 Å². The van der Waals surface area contributed by atoms with Gasteiger partial charge in [0.25, 0.3) is 5.91 Å². The molecule has 1 aromatic heterocycles. The van der Waals surface area contributed by atoms with Gasteiger partial charge in [-0.05, 0) is 24.6 Å². The molecule has 4 aromatic rings. The number of benzene rings is 3. The van der Waals surface area contributed by atoms with Gasteiger partial charge in [0, 0.05) is 34.8 Å². The van der Waals surface area contributed by atoms with Gasteiger partial charge in [0.05, 0.1) is 11.1 Å². The van der Waals surface area contributed by atoms with Crippen LogP contribution in [0.3, 0.4) is 0 Å². The number of nitrogens with zero attached hydrogens (tertiary/aromatic N) is 3. The number of fused-ring (bicyclic) bond motifs is 1. The van der Waals surface area contributed by atoms with Gasteiger partial charge in [0.1, 0.15) is 0 Å². The largest absolute Gasteiger partial charge is 0.477 e. The van der Waals surface area contributed by atoms with Gasteiger partial charge in [0.2, 0.25) is 0 Å². The van der Waals surface area contributed by atoms with Gasteiger partial charge in [-0.1, -0.05) is 60.7 Å². The van der Waals surface area contributed by atoms with Crippen molar-refractivity contribution in [1.29, 1.82) is 0 Å². The maximum absolute atomic E-state index is 12.2. The summed E-state index contributed by atoms with van der Waals surface area (Å²) in [6, 6.07) is 24.1. The zero-order chi connectivity index (χ0) is 23.2. The maximum atomic E-state index is 12.2. The first-order valence-corrected chi connectivity index (χ1v) is 10.3. The molecule has 0 saturated heterocycles. The molecule has 1 heterocycles. The molecular formula is C25H22N4O4. The first-order valence-electron chi connectivity index (χ1n) is 10.3. The molecule has 0 radical (unpaired) electrons. The molecular weight excluding hydrogens is 420 g/mol. The van der Waals surface area contributed by atoms with Crippen molar-refractivity contribution in [3.8, 4) is 5.75 Å². The molecule has 8 nitrogen and oxygen atoms in total. The fraction of sp³-hybridized carbons (Fsp3) is 0.120. The van der Waals surface area contributed by atoms with E-state index in [-0.39, 0.29) is 11.4 Å². The van der Waals surface area contributed by atoms with Crippen LogP contribution in [-0.4, -0.2) is 28.2 Å². The molecule has 0 unspecified atom stereocenters. The van der Waals surface area contributed by atoms with Crippen molar-refractivity contribution in [3.63, 3.8) is 0 Å². The van der Waals surface area contributed by atoms with Crippen molar-refractivity contribution in [2.75, 3.05) is 6.61 Å². The Labute approximate surface area is 190 Å². The number of nitro benzene ring substituents is 1. The second-order valence-corrected chi connectivity index (χ2v) is 7.39. The molecule has 0 atom stereocenters. The lowest BCUT2D eigenvalue weighted by Gasteiger charge is -2.08. The van der Waals surface area contributed by atoms with Crippen molar-refractivity contribution in [2.24, 2.45) is 5.10 Å². The summed E-state index contributed by atoms with van der Waals surface area (Å²) in [5.74, 6) is -0.489. The average Bonchev–Trinajstić information content (AvgIpc) is 3.09. The summed E-state index contributed by atoms with van der Waals surface area (Å²) in [4.78, 5) is 22.7. The number of aromatic nitrogens is 1. The topological polar surface area (TPSA) is 98.8 Å². The number of para-hydroxylation sites is 3. The summed E-state index contributed by atoms with van der Waals surface area (Å²) < 4.78 is 7.51. The Morgan fingerprint density at radius 3 is 2.55 bits per heavy atom. The molecule has 0 spiro atoms. The SMILES string of the molecule is Cc1c(/C=N\NC(=O)COc2ccccc2[N+](=O)[O-])c2ccccc2n1Cc1ccccc1. The van der Waals surface area contributed by atoms with Crippen LogP contribution < -0.4 is 10.2 Å². The molecule has 0 aliphatic rings. The normalized spacial score (nSPS) is 11.1. The van der Waals surface area contributed by atoms with Crippen LogP contribution in [0.1, 0.15) is 16.8 Å². The van der Waals surface area contributed by atoms with Gasteiger partial charge < -0.3 is 9.30 Å². The van der Waals surface area contributed by atoms with Crippen LogP contribution in [0.15, 0.2) is 84.0 Å². The Balaban J connectivity index is 1.48. The van der Waals surface area contributed by atoms with E-state index in [1.807, 2.05) is 43.3 Å². The van der Waals surface area contributed by atoms with Crippen molar-refractivity contribution in [1.82, 2.24) is 9.99 Å². The standard InChI is InChI=1S/C25H22N4O4/c1-18-21(15-26-27-25(30)17-33-24-14-8-7-13-23(24)29(31)32)20-11-5-6-12-22(20)28(18)16-19-9-3-2-4-10-19/h2-15H,16-17H2,1H3,(H,27,30)/b26-15-. The first-order chi connectivity index (χ1) is 16.0. The van der Waals surface area contributed by atoms with Gasteiger partial charge in [-0.15, -0.1) is 0 Å². The lowest BCUT2D eigenvalue weighted by molar-refractivity contribution is -0.385. The number of hydrogen-bond donors (Lipinski definition) is 1. The molecule has 1 amide bonds. The second-order valence-electron chi connectivity index (χ2n) is 7.39. The Bertz CT molecular complexity index is 1330. The number of ether oxygens (including phenoxy) is 1. The number of carbonyl (C=O) groups is 1. The van der Waals surface area contributed by atoms with Crippen molar-refractivity contribution in [2.45, 2.75) is 13.5 Å². The molecule has 8 heteroatoms. The molecule has 0 saturated carbocycles. The number of nitro groups is 1. The lowest BCUT2D eigenvalue weighted by Crippen LogP contribution is -2.24. The van der Waals surface area contributed by atoms with Gasteiger partial charge in [-0.3, -0.25) is 14.9 Å².